The third kappa shape index (κ3) is 2.99. The normalized spacial score (nSPS) is 12.5. The average molecular weight is 301 g/mol. The second-order valence-corrected chi connectivity index (χ2v) is 5.47. The van der Waals surface area contributed by atoms with Crippen molar-refractivity contribution in [1.29, 1.82) is 0 Å². The van der Waals surface area contributed by atoms with E-state index in [1.807, 2.05) is 37.3 Å². The fourth-order valence-electron chi connectivity index (χ4n) is 1.75. The van der Waals surface area contributed by atoms with E-state index < -0.39 is 0 Å². The van der Waals surface area contributed by atoms with Crippen LogP contribution in [0.25, 0.3) is 0 Å². The van der Waals surface area contributed by atoms with Gasteiger partial charge >= 0.3 is 0 Å². The molecule has 0 aromatic heterocycles. The van der Waals surface area contributed by atoms with Gasteiger partial charge in [0.2, 0.25) is 0 Å². The number of halogens is 3. The molecule has 2 N–H and O–H groups in total. The van der Waals surface area contributed by atoms with Crippen LogP contribution in [-0.2, 0) is 0 Å². The molecule has 94 valence electrons. The van der Waals surface area contributed by atoms with E-state index in [4.69, 9.17) is 40.5 Å². The number of hydrogen-bond acceptors (Lipinski definition) is 1. The van der Waals surface area contributed by atoms with Crippen LogP contribution in [0.3, 0.4) is 0 Å². The van der Waals surface area contributed by atoms with E-state index in [1.165, 1.54) is 0 Å². The van der Waals surface area contributed by atoms with Gasteiger partial charge in [0.1, 0.15) is 0 Å². The Balaban J connectivity index is 2.40. The summed E-state index contributed by atoms with van der Waals surface area (Å²) in [5, 5.41) is 1.85. The summed E-state index contributed by atoms with van der Waals surface area (Å²) in [4.78, 5) is 0. The van der Waals surface area contributed by atoms with Crippen LogP contribution in [0.2, 0.25) is 15.1 Å². The molecule has 4 heteroatoms. The van der Waals surface area contributed by atoms with E-state index in [1.54, 1.807) is 6.07 Å². The molecule has 0 aliphatic carbocycles. The number of benzene rings is 2. The largest absolute Gasteiger partial charge is 0.320 e. The molecule has 2 aromatic carbocycles. The molecule has 2 aromatic rings. The van der Waals surface area contributed by atoms with E-state index in [2.05, 4.69) is 0 Å². The number of nitrogens with two attached hydrogens (primary N) is 1. The second kappa shape index (κ2) is 5.50. The second-order valence-electron chi connectivity index (χ2n) is 4.19. The lowest BCUT2D eigenvalue weighted by molar-refractivity contribution is 0.871. The smallest absolute Gasteiger partial charge is 0.0553 e. The molecule has 0 radical (unpaired) electrons. The summed E-state index contributed by atoms with van der Waals surface area (Å²) in [5.41, 5.74) is 9.02. The molecule has 1 nitrogen and oxygen atoms in total. The Morgan fingerprint density at radius 1 is 0.889 bits per heavy atom. The van der Waals surface area contributed by atoms with Crippen LogP contribution in [0.4, 0.5) is 0 Å². The minimum Gasteiger partial charge on any atom is -0.320 e. The SMILES string of the molecule is Cc1ccc(C(N)c2cc(Cl)cc(Cl)c2)cc1Cl. The summed E-state index contributed by atoms with van der Waals surface area (Å²) in [6.07, 6.45) is 0. The van der Waals surface area contributed by atoms with Gasteiger partial charge in [0.25, 0.3) is 0 Å². The van der Waals surface area contributed by atoms with Crippen LogP contribution in [0.5, 0.6) is 0 Å². The van der Waals surface area contributed by atoms with Gasteiger partial charge in [0.05, 0.1) is 6.04 Å². The van der Waals surface area contributed by atoms with Crippen molar-refractivity contribution in [1.82, 2.24) is 0 Å². The molecule has 2 rings (SSSR count). The Bertz CT molecular complexity index is 561. The monoisotopic (exact) mass is 299 g/mol. The van der Waals surface area contributed by atoms with E-state index in [9.17, 15) is 0 Å². The zero-order valence-corrected chi connectivity index (χ0v) is 12.0. The molecule has 0 saturated heterocycles. The van der Waals surface area contributed by atoms with Crippen molar-refractivity contribution in [3.63, 3.8) is 0 Å². The first-order chi connectivity index (χ1) is 8.47. The van der Waals surface area contributed by atoms with Gasteiger partial charge in [-0.25, -0.2) is 0 Å². The molecule has 0 bridgehead atoms. The van der Waals surface area contributed by atoms with Gasteiger partial charge in [-0.15, -0.1) is 0 Å². The highest BCUT2D eigenvalue weighted by atomic mass is 35.5. The zero-order valence-electron chi connectivity index (χ0n) is 9.75. The summed E-state index contributed by atoms with van der Waals surface area (Å²) in [7, 11) is 0. The van der Waals surface area contributed by atoms with E-state index in [0.29, 0.717) is 15.1 Å². The molecule has 0 amide bonds. The Labute approximate surface area is 121 Å². The molecular formula is C14H12Cl3N. The maximum Gasteiger partial charge on any atom is 0.0553 e. The lowest BCUT2D eigenvalue weighted by Gasteiger charge is -2.14. The van der Waals surface area contributed by atoms with Gasteiger partial charge in [-0.05, 0) is 47.9 Å². The molecule has 18 heavy (non-hydrogen) atoms. The predicted octanol–water partition coefficient (Wildman–Crippen LogP) is 5.00. The highest BCUT2D eigenvalue weighted by Crippen LogP contribution is 2.28. The first-order valence-electron chi connectivity index (χ1n) is 5.45. The van der Waals surface area contributed by atoms with Crippen molar-refractivity contribution in [2.45, 2.75) is 13.0 Å². The Kier molecular flexibility index (Phi) is 4.18. The van der Waals surface area contributed by atoms with E-state index >= 15 is 0 Å². The summed E-state index contributed by atoms with van der Waals surface area (Å²) < 4.78 is 0. The van der Waals surface area contributed by atoms with Gasteiger partial charge in [0, 0.05) is 15.1 Å². The quantitative estimate of drug-likeness (QED) is 0.829. The Morgan fingerprint density at radius 3 is 2.06 bits per heavy atom. The molecular weight excluding hydrogens is 289 g/mol. The van der Waals surface area contributed by atoms with Crippen LogP contribution in [0, 0.1) is 6.92 Å². The first kappa shape index (κ1) is 13.7. The third-order valence-corrected chi connectivity index (χ3v) is 3.64. The first-order valence-corrected chi connectivity index (χ1v) is 6.58. The zero-order chi connectivity index (χ0) is 13.3. The summed E-state index contributed by atoms with van der Waals surface area (Å²) in [5.74, 6) is 0. The standard InChI is InChI=1S/C14H12Cl3N/c1-8-2-3-9(6-13(8)17)14(18)10-4-11(15)7-12(16)5-10/h2-7,14H,18H2,1H3. The van der Waals surface area contributed by atoms with Gasteiger partial charge in [-0.2, -0.15) is 0 Å². The van der Waals surface area contributed by atoms with Gasteiger partial charge in [-0.3, -0.25) is 0 Å². The summed E-state index contributed by atoms with van der Waals surface area (Å²) >= 11 is 18.0. The van der Waals surface area contributed by atoms with Crippen LogP contribution in [0.15, 0.2) is 36.4 Å². The maximum absolute atomic E-state index is 6.20. The molecule has 0 fully saturated rings. The molecule has 0 saturated carbocycles. The van der Waals surface area contributed by atoms with Crippen LogP contribution in [-0.4, -0.2) is 0 Å². The third-order valence-electron chi connectivity index (χ3n) is 2.80. The summed E-state index contributed by atoms with van der Waals surface area (Å²) in [6, 6.07) is 10.8. The number of hydrogen-bond donors (Lipinski definition) is 1. The van der Waals surface area contributed by atoms with Crippen molar-refractivity contribution < 1.29 is 0 Å². The van der Waals surface area contributed by atoms with Crippen LogP contribution in [0.1, 0.15) is 22.7 Å². The van der Waals surface area contributed by atoms with E-state index in [0.717, 1.165) is 16.7 Å². The van der Waals surface area contributed by atoms with Crippen LogP contribution >= 0.6 is 34.8 Å². The lowest BCUT2D eigenvalue weighted by Crippen LogP contribution is -2.11. The number of aryl methyl sites for hydroxylation is 1. The van der Waals surface area contributed by atoms with Crippen molar-refractivity contribution in [2.24, 2.45) is 5.73 Å². The van der Waals surface area contributed by atoms with Gasteiger partial charge < -0.3 is 5.73 Å². The topological polar surface area (TPSA) is 26.0 Å². The highest BCUT2D eigenvalue weighted by molar-refractivity contribution is 6.34. The maximum atomic E-state index is 6.20. The molecule has 1 atom stereocenters. The molecule has 0 heterocycles. The molecule has 0 aliphatic heterocycles. The van der Waals surface area contributed by atoms with Crippen molar-refractivity contribution >= 4 is 34.8 Å². The van der Waals surface area contributed by atoms with Crippen molar-refractivity contribution in [3.8, 4) is 0 Å². The van der Waals surface area contributed by atoms with Gasteiger partial charge in [0.15, 0.2) is 0 Å². The van der Waals surface area contributed by atoms with Crippen molar-refractivity contribution in [2.75, 3.05) is 0 Å². The number of rotatable bonds is 2. The predicted molar refractivity (Wildman–Crippen MR) is 78.7 cm³/mol. The minimum absolute atomic E-state index is 0.292. The van der Waals surface area contributed by atoms with Gasteiger partial charge in [-0.1, -0.05) is 46.9 Å². The van der Waals surface area contributed by atoms with Crippen LogP contribution < -0.4 is 5.73 Å². The molecule has 0 aliphatic rings. The van der Waals surface area contributed by atoms with E-state index in [-0.39, 0.29) is 6.04 Å². The molecule has 1 unspecified atom stereocenters. The molecule has 0 spiro atoms. The minimum atomic E-state index is -0.292. The fraction of sp³-hybridized carbons (Fsp3) is 0.143. The average Bonchev–Trinajstić information content (AvgIpc) is 2.30. The lowest BCUT2D eigenvalue weighted by atomic mass is 9.99. The van der Waals surface area contributed by atoms with Crippen molar-refractivity contribution in [3.05, 3.63) is 68.2 Å². The Hall–Kier alpha value is -0.730. The fourth-order valence-corrected chi connectivity index (χ4v) is 2.48. The summed E-state index contributed by atoms with van der Waals surface area (Å²) in [6.45, 7) is 1.95. The highest BCUT2D eigenvalue weighted by Gasteiger charge is 2.11. The Morgan fingerprint density at radius 2 is 1.50 bits per heavy atom.